The first-order valence-electron chi connectivity index (χ1n) is 11.8. The number of hydrogen-bond acceptors (Lipinski definition) is 5. The van der Waals surface area contributed by atoms with Crippen molar-refractivity contribution < 1.29 is 19.1 Å². The molecule has 3 aromatic carbocycles. The minimum Gasteiger partial charge on any atom is -0.486 e. The van der Waals surface area contributed by atoms with Gasteiger partial charge in [-0.3, -0.25) is 9.59 Å². The molecule has 35 heavy (non-hydrogen) atoms. The number of benzene rings is 3. The molecule has 2 aliphatic heterocycles. The summed E-state index contributed by atoms with van der Waals surface area (Å²) in [6.45, 7) is 3.43. The van der Waals surface area contributed by atoms with E-state index in [9.17, 15) is 9.59 Å². The van der Waals surface area contributed by atoms with E-state index in [1.54, 1.807) is 16.7 Å². The van der Waals surface area contributed by atoms with Crippen molar-refractivity contribution in [3.8, 4) is 11.5 Å². The van der Waals surface area contributed by atoms with Gasteiger partial charge in [0.05, 0.1) is 6.04 Å². The van der Waals surface area contributed by atoms with Gasteiger partial charge in [-0.1, -0.05) is 54.6 Å². The average molecular weight is 489 g/mol. The third-order valence-corrected chi connectivity index (χ3v) is 7.43. The van der Waals surface area contributed by atoms with Crippen molar-refractivity contribution in [3.63, 3.8) is 0 Å². The molecule has 0 fully saturated rings. The lowest BCUT2D eigenvalue weighted by Gasteiger charge is -2.28. The molecule has 0 radical (unpaired) electrons. The SMILES string of the molecule is C[C@H](NC(=O)[C@H](CSCc1ccccc1)N1Cc2ccccc2C1=O)c1ccc2c(c1)OCCO2. The summed E-state index contributed by atoms with van der Waals surface area (Å²) in [5.74, 6) is 2.44. The summed E-state index contributed by atoms with van der Waals surface area (Å²) in [7, 11) is 0. The number of amides is 2. The Kier molecular flexibility index (Phi) is 6.95. The maximum Gasteiger partial charge on any atom is 0.255 e. The lowest BCUT2D eigenvalue weighted by Crippen LogP contribution is -2.49. The zero-order valence-electron chi connectivity index (χ0n) is 19.6. The highest BCUT2D eigenvalue weighted by Gasteiger charge is 2.36. The number of ether oxygens (including phenoxy) is 2. The second kappa shape index (κ2) is 10.4. The number of nitrogens with zero attached hydrogens (tertiary/aromatic N) is 1. The number of thioether (sulfide) groups is 1. The second-order valence-corrected chi connectivity index (χ2v) is 9.77. The van der Waals surface area contributed by atoms with Crippen LogP contribution in [0.3, 0.4) is 0 Å². The van der Waals surface area contributed by atoms with Gasteiger partial charge in [0.25, 0.3) is 5.91 Å². The molecule has 0 bridgehead atoms. The van der Waals surface area contributed by atoms with E-state index >= 15 is 0 Å². The zero-order valence-corrected chi connectivity index (χ0v) is 20.4. The van der Waals surface area contributed by atoms with E-state index in [-0.39, 0.29) is 17.9 Å². The van der Waals surface area contributed by atoms with Gasteiger partial charge in [0, 0.05) is 23.6 Å². The van der Waals surface area contributed by atoms with E-state index in [1.807, 2.05) is 67.6 Å². The van der Waals surface area contributed by atoms with Crippen molar-refractivity contribution in [1.29, 1.82) is 0 Å². The Bertz CT molecular complexity index is 1220. The third kappa shape index (κ3) is 5.15. The molecule has 2 aliphatic rings. The largest absolute Gasteiger partial charge is 0.486 e. The molecule has 0 spiro atoms. The van der Waals surface area contributed by atoms with Crippen LogP contribution < -0.4 is 14.8 Å². The van der Waals surface area contributed by atoms with E-state index in [0.29, 0.717) is 42.6 Å². The Morgan fingerprint density at radius 2 is 1.74 bits per heavy atom. The molecule has 0 aliphatic carbocycles. The van der Waals surface area contributed by atoms with Gasteiger partial charge in [-0.25, -0.2) is 0 Å². The Balaban J connectivity index is 1.31. The second-order valence-electron chi connectivity index (χ2n) is 8.74. The van der Waals surface area contributed by atoms with Gasteiger partial charge >= 0.3 is 0 Å². The van der Waals surface area contributed by atoms with Gasteiger partial charge in [-0.2, -0.15) is 11.8 Å². The molecule has 0 saturated carbocycles. The summed E-state index contributed by atoms with van der Waals surface area (Å²) < 4.78 is 11.3. The zero-order chi connectivity index (χ0) is 24.2. The maximum atomic E-state index is 13.6. The van der Waals surface area contributed by atoms with Crippen LogP contribution in [0, 0.1) is 0 Å². The predicted molar refractivity (Wildman–Crippen MR) is 137 cm³/mol. The molecule has 3 aromatic rings. The van der Waals surface area contributed by atoms with Gasteiger partial charge < -0.3 is 19.7 Å². The molecule has 0 unspecified atom stereocenters. The summed E-state index contributed by atoms with van der Waals surface area (Å²) in [5.41, 5.74) is 3.76. The summed E-state index contributed by atoms with van der Waals surface area (Å²) >= 11 is 1.66. The van der Waals surface area contributed by atoms with E-state index in [1.165, 1.54) is 5.56 Å². The van der Waals surface area contributed by atoms with Crippen molar-refractivity contribution in [2.75, 3.05) is 19.0 Å². The number of carbonyl (C=O) groups excluding carboxylic acids is 2. The number of nitrogens with one attached hydrogen (secondary N) is 1. The quantitative estimate of drug-likeness (QED) is 0.502. The fourth-order valence-electron chi connectivity index (χ4n) is 4.42. The summed E-state index contributed by atoms with van der Waals surface area (Å²) in [6, 6.07) is 22.6. The average Bonchev–Trinajstić information content (AvgIpc) is 3.23. The Labute approximate surface area is 209 Å². The predicted octanol–water partition coefficient (Wildman–Crippen LogP) is 4.59. The normalized spacial score (nSPS) is 15.9. The fraction of sp³-hybridized carbons (Fsp3) is 0.286. The summed E-state index contributed by atoms with van der Waals surface area (Å²) in [5, 5.41) is 3.13. The molecule has 0 aromatic heterocycles. The Hall–Kier alpha value is -3.45. The molecular weight excluding hydrogens is 460 g/mol. The van der Waals surface area contributed by atoms with Crippen LogP contribution in [0.2, 0.25) is 0 Å². The van der Waals surface area contributed by atoms with Crippen molar-refractivity contribution in [2.45, 2.75) is 31.3 Å². The van der Waals surface area contributed by atoms with Gasteiger partial charge in [-0.15, -0.1) is 0 Å². The first kappa shape index (κ1) is 23.3. The van der Waals surface area contributed by atoms with E-state index in [4.69, 9.17) is 9.47 Å². The van der Waals surface area contributed by atoms with Gasteiger partial charge in [0.2, 0.25) is 5.91 Å². The van der Waals surface area contributed by atoms with Crippen LogP contribution in [-0.2, 0) is 17.1 Å². The number of fused-ring (bicyclic) bond motifs is 2. The van der Waals surface area contributed by atoms with E-state index in [2.05, 4.69) is 17.4 Å². The monoisotopic (exact) mass is 488 g/mol. The van der Waals surface area contributed by atoms with Crippen molar-refractivity contribution >= 4 is 23.6 Å². The van der Waals surface area contributed by atoms with Crippen LogP contribution in [0.15, 0.2) is 72.8 Å². The molecule has 0 saturated heterocycles. The van der Waals surface area contributed by atoms with Crippen molar-refractivity contribution in [1.82, 2.24) is 10.2 Å². The molecule has 7 heteroatoms. The van der Waals surface area contributed by atoms with E-state index in [0.717, 1.165) is 16.9 Å². The lowest BCUT2D eigenvalue weighted by molar-refractivity contribution is -0.125. The minimum atomic E-state index is -0.580. The Morgan fingerprint density at radius 1 is 1.00 bits per heavy atom. The summed E-state index contributed by atoms with van der Waals surface area (Å²) in [4.78, 5) is 28.5. The highest BCUT2D eigenvalue weighted by molar-refractivity contribution is 7.98. The highest BCUT2D eigenvalue weighted by atomic mass is 32.2. The number of hydrogen-bond donors (Lipinski definition) is 1. The van der Waals surface area contributed by atoms with Crippen LogP contribution in [-0.4, -0.2) is 41.7 Å². The van der Waals surface area contributed by atoms with Crippen LogP contribution in [0.4, 0.5) is 0 Å². The molecular formula is C28H28N2O4S. The molecule has 5 rings (SSSR count). The lowest BCUT2D eigenvalue weighted by atomic mass is 10.1. The minimum absolute atomic E-state index is 0.0898. The fourth-order valence-corrected chi connectivity index (χ4v) is 5.52. The molecule has 6 nitrogen and oxygen atoms in total. The molecule has 2 atom stereocenters. The van der Waals surface area contributed by atoms with Crippen molar-refractivity contribution in [3.05, 3.63) is 95.1 Å². The molecule has 180 valence electrons. The molecule has 2 amide bonds. The highest BCUT2D eigenvalue weighted by Crippen LogP contribution is 2.33. The third-order valence-electron chi connectivity index (χ3n) is 6.34. The number of rotatable bonds is 8. The summed E-state index contributed by atoms with van der Waals surface area (Å²) in [6.07, 6.45) is 0. The van der Waals surface area contributed by atoms with Gasteiger partial charge in [0.15, 0.2) is 11.5 Å². The van der Waals surface area contributed by atoms with Crippen LogP contribution >= 0.6 is 11.8 Å². The standard InChI is InChI=1S/C28H28N2O4S/c1-19(21-11-12-25-26(15-21)34-14-13-33-25)29-27(31)24(18-35-17-20-7-3-2-4-8-20)30-16-22-9-5-6-10-23(22)28(30)32/h2-12,15,19,24H,13-14,16-18H2,1H3,(H,29,31)/t19-,24-/m0/s1. The van der Waals surface area contributed by atoms with Crippen molar-refractivity contribution in [2.24, 2.45) is 0 Å². The first-order chi connectivity index (χ1) is 17.1. The molecule has 1 N–H and O–H groups in total. The van der Waals surface area contributed by atoms with E-state index < -0.39 is 6.04 Å². The van der Waals surface area contributed by atoms with Gasteiger partial charge in [-0.05, 0) is 41.8 Å². The topological polar surface area (TPSA) is 67.9 Å². The first-order valence-corrected chi connectivity index (χ1v) is 13.0. The van der Waals surface area contributed by atoms with Crippen LogP contribution in [0.5, 0.6) is 11.5 Å². The maximum absolute atomic E-state index is 13.6. The van der Waals surface area contributed by atoms with Gasteiger partial charge in [0.1, 0.15) is 19.3 Å². The number of carbonyl (C=O) groups is 2. The molecule has 2 heterocycles. The van der Waals surface area contributed by atoms with Crippen LogP contribution in [0.1, 0.15) is 40.0 Å². The Morgan fingerprint density at radius 3 is 2.54 bits per heavy atom. The van der Waals surface area contributed by atoms with Crippen LogP contribution in [0.25, 0.3) is 0 Å². The smallest absolute Gasteiger partial charge is 0.255 e.